The number of rotatable bonds is 8. The van der Waals surface area contributed by atoms with E-state index in [1.54, 1.807) is 36.4 Å². The summed E-state index contributed by atoms with van der Waals surface area (Å²) in [5, 5.41) is 2.64. The van der Waals surface area contributed by atoms with Crippen LogP contribution in [0, 0.1) is 0 Å². The van der Waals surface area contributed by atoms with E-state index in [-0.39, 0.29) is 13.0 Å². The first kappa shape index (κ1) is 19.1. The van der Waals surface area contributed by atoms with Gasteiger partial charge in [0.25, 0.3) is 5.91 Å². The molecule has 7 heteroatoms. The van der Waals surface area contributed by atoms with E-state index in [2.05, 4.69) is 5.32 Å². The number of para-hydroxylation sites is 1. The van der Waals surface area contributed by atoms with Crippen LogP contribution in [0.25, 0.3) is 0 Å². The Morgan fingerprint density at radius 2 is 1.54 bits per heavy atom. The van der Waals surface area contributed by atoms with Crippen LogP contribution in [0.1, 0.15) is 5.56 Å². The summed E-state index contributed by atoms with van der Waals surface area (Å²) in [6.07, 6.45) is -0.0324. The molecule has 0 saturated heterocycles. The SMILES string of the molecule is COc1cc(CC(=O)OCC(=O)Nc2ccccc2)cc(OC)c1OC. The summed E-state index contributed by atoms with van der Waals surface area (Å²) in [5.74, 6) is 0.374. The topological polar surface area (TPSA) is 83.1 Å². The van der Waals surface area contributed by atoms with Gasteiger partial charge in [0.1, 0.15) is 0 Å². The molecule has 0 aromatic heterocycles. The highest BCUT2D eigenvalue weighted by molar-refractivity contribution is 5.92. The van der Waals surface area contributed by atoms with Crippen molar-refractivity contribution in [1.29, 1.82) is 0 Å². The van der Waals surface area contributed by atoms with Gasteiger partial charge in [0.15, 0.2) is 18.1 Å². The summed E-state index contributed by atoms with van der Waals surface area (Å²) in [6, 6.07) is 12.2. The van der Waals surface area contributed by atoms with Gasteiger partial charge in [-0.05, 0) is 29.8 Å². The minimum absolute atomic E-state index is 0.0324. The predicted molar refractivity (Wildman–Crippen MR) is 95.8 cm³/mol. The van der Waals surface area contributed by atoms with Crippen molar-refractivity contribution in [3.8, 4) is 17.2 Å². The van der Waals surface area contributed by atoms with E-state index >= 15 is 0 Å². The van der Waals surface area contributed by atoms with Gasteiger partial charge in [0.05, 0.1) is 27.8 Å². The molecule has 0 aliphatic carbocycles. The van der Waals surface area contributed by atoms with Crippen molar-refractivity contribution in [2.45, 2.75) is 6.42 Å². The highest BCUT2D eigenvalue weighted by Crippen LogP contribution is 2.38. The lowest BCUT2D eigenvalue weighted by Gasteiger charge is -2.14. The molecular formula is C19H21NO6. The molecule has 0 spiro atoms. The molecule has 0 radical (unpaired) electrons. The Labute approximate surface area is 151 Å². The van der Waals surface area contributed by atoms with Gasteiger partial charge in [0, 0.05) is 5.69 Å². The number of anilines is 1. The van der Waals surface area contributed by atoms with Crippen LogP contribution < -0.4 is 19.5 Å². The minimum atomic E-state index is -0.539. The first-order valence-corrected chi connectivity index (χ1v) is 7.86. The summed E-state index contributed by atoms with van der Waals surface area (Å²) in [6.45, 7) is -0.363. The molecule has 2 rings (SSSR count). The fourth-order valence-electron chi connectivity index (χ4n) is 2.32. The lowest BCUT2D eigenvalue weighted by Crippen LogP contribution is -2.21. The van der Waals surface area contributed by atoms with Crippen LogP contribution in [0.5, 0.6) is 17.2 Å². The van der Waals surface area contributed by atoms with Gasteiger partial charge in [-0.2, -0.15) is 0 Å². The maximum absolute atomic E-state index is 12.0. The first-order valence-electron chi connectivity index (χ1n) is 7.86. The van der Waals surface area contributed by atoms with Gasteiger partial charge in [-0.25, -0.2) is 0 Å². The monoisotopic (exact) mass is 359 g/mol. The number of amides is 1. The Bertz CT molecular complexity index is 735. The van der Waals surface area contributed by atoms with E-state index in [4.69, 9.17) is 18.9 Å². The molecule has 0 atom stereocenters. The Morgan fingerprint density at radius 3 is 2.08 bits per heavy atom. The van der Waals surface area contributed by atoms with Crippen molar-refractivity contribution < 1.29 is 28.5 Å². The molecule has 1 amide bonds. The maximum atomic E-state index is 12.0. The summed E-state index contributed by atoms with van der Waals surface area (Å²) < 4.78 is 20.7. The van der Waals surface area contributed by atoms with Crippen molar-refractivity contribution in [1.82, 2.24) is 0 Å². The van der Waals surface area contributed by atoms with Gasteiger partial charge >= 0.3 is 5.97 Å². The number of carbonyl (C=O) groups is 2. The van der Waals surface area contributed by atoms with Crippen LogP contribution in [-0.4, -0.2) is 39.8 Å². The Hall–Kier alpha value is -3.22. The van der Waals surface area contributed by atoms with Crippen LogP contribution in [0.2, 0.25) is 0 Å². The molecule has 7 nitrogen and oxygen atoms in total. The number of esters is 1. The standard InChI is InChI=1S/C19H21NO6/c1-23-15-9-13(10-16(24-2)19(15)25-3)11-18(22)26-12-17(21)20-14-7-5-4-6-8-14/h4-10H,11-12H2,1-3H3,(H,20,21). The van der Waals surface area contributed by atoms with E-state index in [9.17, 15) is 9.59 Å². The zero-order valence-corrected chi connectivity index (χ0v) is 14.9. The molecular weight excluding hydrogens is 338 g/mol. The second kappa shape index (κ2) is 9.31. The summed E-state index contributed by atoms with van der Waals surface area (Å²) in [4.78, 5) is 23.8. The van der Waals surface area contributed by atoms with Crippen molar-refractivity contribution in [3.05, 3.63) is 48.0 Å². The first-order chi connectivity index (χ1) is 12.6. The zero-order chi connectivity index (χ0) is 18.9. The molecule has 0 aliphatic heterocycles. The molecule has 1 N–H and O–H groups in total. The van der Waals surface area contributed by atoms with Gasteiger partial charge in [0.2, 0.25) is 5.75 Å². The van der Waals surface area contributed by atoms with Crippen molar-refractivity contribution in [3.63, 3.8) is 0 Å². The Balaban J connectivity index is 1.94. The van der Waals surface area contributed by atoms with Crippen LogP contribution in [0.15, 0.2) is 42.5 Å². The van der Waals surface area contributed by atoms with Gasteiger partial charge in [-0.3, -0.25) is 9.59 Å². The molecule has 26 heavy (non-hydrogen) atoms. The largest absolute Gasteiger partial charge is 0.493 e. The fourth-order valence-corrected chi connectivity index (χ4v) is 2.32. The normalized spacial score (nSPS) is 9.96. The van der Waals surface area contributed by atoms with E-state index in [0.717, 1.165) is 0 Å². The molecule has 0 saturated carbocycles. The molecule has 0 fully saturated rings. The second-order valence-electron chi connectivity index (χ2n) is 5.29. The van der Waals surface area contributed by atoms with Crippen LogP contribution >= 0.6 is 0 Å². The predicted octanol–water partition coefficient (Wildman–Crippen LogP) is 2.44. The third-order valence-corrected chi connectivity index (χ3v) is 3.49. The number of benzene rings is 2. The molecule has 138 valence electrons. The Morgan fingerprint density at radius 1 is 0.923 bits per heavy atom. The molecule has 0 unspecified atom stereocenters. The summed E-state index contributed by atoms with van der Waals surface area (Å²) in [5.41, 5.74) is 1.26. The summed E-state index contributed by atoms with van der Waals surface area (Å²) in [7, 11) is 4.49. The van der Waals surface area contributed by atoms with Gasteiger partial charge < -0.3 is 24.3 Å². The molecule has 0 aliphatic rings. The summed E-state index contributed by atoms with van der Waals surface area (Å²) >= 11 is 0. The number of nitrogens with one attached hydrogen (secondary N) is 1. The van der Waals surface area contributed by atoms with Crippen molar-refractivity contribution >= 4 is 17.6 Å². The minimum Gasteiger partial charge on any atom is -0.493 e. The number of hydrogen-bond acceptors (Lipinski definition) is 6. The van der Waals surface area contributed by atoms with Gasteiger partial charge in [-0.1, -0.05) is 18.2 Å². The lowest BCUT2D eigenvalue weighted by atomic mass is 10.1. The fraction of sp³-hybridized carbons (Fsp3) is 0.263. The van der Waals surface area contributed by atoms with Crippen molar-refractivity contribution in [2.24, 2.45) is 0 Å². The molecule has 2 aromatic rings. The molecule has 0 bridgehead atoms. The number of hydrogen-bond donors (Lipinski definition) is 1. The Kier molecular flexibility index (Phi) is 6.84. The van der Waals surface area contributed by atoms with E-state index < -0.39 is 11.9 Å². The lowest BCUT2D eigenvalue weighted by molar-refractivity contribution is -0.146. The second-order valence-corrected chi connectivity index (χ2v) is 5.29. The maximum Gasteiger partial charge on any atom is 0.310 e. The third kappa shape index (κ3) is 5.14. The van der Waals surface area contributed by atoms with E-state index in [1.807, 2.05) is 6.07 Å². The third-order valence-electron chi connectivity index (χ3n) is 3.49. The zero-order valence-electron chi connectivity index (χ0n) is 14.9. The van der Waals surface area contributed by atoms with Crippen molar-refractivity contribution in [2.75, 3.05) is 33.3 Å². The number of carbonyl (C=O) groups excluding carboxylic acids is 2. The number of ether oxygens (including phenoxy) is 4. The van der Waals surface area contributed by atoms with Crippen LogP contribution in [-0.2, 0) is 20.7 Å². The van der Waals surface area contributed by atoms with Gasteiger partial charge in [-0.15, -0.1) is 0 Å². The smallest absolute Gasteiger partial charge is 0.310 e. The number of methoxy groups -OCH3 is 3. The average molecular weight is 359 g/mol. The van der Waals surface area contributed by atoms with E-state index in [0.29, 0.717) is 28.5 Å². The highest BCUT2D eigenvalue weighted by Gasteiger charge is 2.16. The quantitative estimate of drug-likeness (QED) is 0.729. The van der Waals surface area contributed by atoms with E-state index in [1.165, 1.54) is 21.3 Å². The molecule has 0 heterocycles. The van der Waals surface area contributed by atoms with Crippen LogP contribution in [0.4, 0.5) is 5.69 Å². The molecule has 2 aromatic carbocycles. The highest BCUT2D eigenvalue weighted by atomic mass is 16.5. The average Bonchev–Trinajstić information content (AvgIpc) is 2.66. The van der Waals surface area contributed by atoms with Crippen LogP contribution in [0.3, 0.4) is 0 Å².